The van der Waals surface area contributed by atoms with Gasteiger partial charge in [0.05, 0.1) is 18.8 Å². The van der Waals surface area contributed by atoms with Crippen LogP contribution in [0.2, 0.25) is 0 Å². The van der Waals surface area contributed by atoms with Crippen LogP contribution in [0, 0.1) is 19.7 Å². The van der Waals surface area contributed by atoms with Gasteiger partial charge in [-0.25, -0.2) is 9.38 Å². The second-order valence-corrected chi connectivity index (χ2v) is 8.20. The Balaban J connectivity index is 1.75. The largest absolute Gasteiger partial charge is 0.383 e. The molecule has 0 bridgehead atoms. The number of amidine groups is 1. The molecule has 2 aromatic rings. The van der Waals surface area contributed by atoms with Gasteiger partial charge in [0.1, 0.15) is 11.1 Å². The summed E-state index contributed by atoms with van der Waals surface area (Å²) in [6, 6.07) is 11.4. The molecule has 2 aromatic carbocycles. The Bertz CT molecular complexity index is 963. The Hall–Kier alpha value is -2.71. The highest BCUT2D eigenvalue weighted by Crippen LogP contribution is 2.32. The third-order valence-electron chi connectivity index (χ3n) is 4.61. The van der Waals surface area contributed by atoms with Crippen molar-refractivity contribution in [3.05, 3.63) is 59.4 Å². The fraction of sp³-hybridized carbons (Fsp3) is 0.318. The van der Waals surface area contributed by atoms with E-state index in [4.69, 9.17) is 9.73 Å². The van der Waals surface area contributed by atoms with Crippen molar-refractivity contribution < 1.29 is 18.7 Å². The quantitative estimate of drug-likeness (QED) is 0.721. The topological polar surface area (TPSA) is 71.0 Å². The zero-order valence-corrected chi connectivity index (χ0v) is 18.0. The third-order valence-corrected chi connectivity index (χ3v) is 5.78. The van der Waals surface area contributed by atoms with Crippen LogP contribution in [0.3, 0.4) is 0 Å². The zero-order valence-electron chi connectivity index (χ0n) is 17.1. The number of rotatable bonds is 7. The highest BCUT2D eigenvalue weighted by molar-refractivity contribution is 8.15. The van der Waals surface area contributed by atoms with Gasteiger partial charge in [-0.05, 0) is 49.7 Å². The summed E-state index contributed by atoms with van der Waals surface area (Å²) >= 11 is 1.28. The van der Waals surface area contributed by atoms with Gasteiger partial charge in [-0.3, -0.25) is 14.5 Å². The maximum absolute atomic E-state index is 13.0. The van der Waals surface area contributed by atoms with Crippen molar-refractivity contribution in [3.63, 3.8) is 0 Å². The van der Waals surface area contributed by atoms with Crippen LogP contribution in [0.4, 0.5) is 15.8 Å². The number of nitrogens with zero attached hydrogens (tertiary/aromatic N) is 2. The molecule has 1 saturated heterocycles. The number of hydrogen-bond donors (Lipinski definition) is 1. The Morgan fingerprint density at radius 3 is 2.63 bits per heavy atom. The molecule has 0 saturated carbocycles. The maximum atomic E-state index is 13.0. The average molecular weight is 430 g/mol. The SMILES string of the molecule is COCCN1C(=O)C(CC(=O)Nc2ccc(F)cc2)SC1=Nc1ccc(C)cc1C. The lowest BCUT2D eigenvalue weighted by molar-refractivity contribution is -0.128. The summed E-state index contributed by atoms with van der Waals surface area (Å²) in [4.78, 5) is 31.6. The third kappa shape index (κ3) is 5.46. The first kappa shape index (κ1) is 22.0. The first-order chi connectivity index (χ1) is 14.4. The van der Waals surface area contributed by atoms with Crippen molar-refractivity contribution in [2.45, 2.75) is 25.5 Å². The Labute approximate surface area is 179 Å². The Morgan fingerprint density at radius 1 is 1.23 bits per heavy atom. The fourth-order valence-corrected chi connectivity index (χ4v) is 4.24. The number of methoxy groups -OCH3 is 1. The van der Waals surface area contributed by atoms with Gasteiger partial charge in [-0.15, -0.1) is 0 Å². The molecule has 1 N–H and O–H groups in total. The van der Waals surface area contributed by atoms with Crippen molar-refractivity contribution in [3.8, 4) is 0 Å². The summed E-state index contributed by atoms with van der Waals surface area (Å²) in [6.07, 6.45) is -0.00371. The van der Waals surface area contributed by atoms with E-state index in [0.29, 0.717) is 24.0 Å². The number of halogens is 1. The number of aryl methyl sites for hydroxylation is 2. The number of aliphatic imine (C=N–C) groups is 1. The molecule has 1 fully saturated rings. The monoisotopic (exact) mass is 429 g/mol. The Kier molecular flexibility index (Phi) is 7.23. The molecule has 1 heterocycles. The fourth-order valence-electron chi connectivity index (χ4n) is 3.06. The summed E-state index contributed by atoms with van der Waals surface area (Å²) in [5, 5.41) is 2.68. The summed E-state index contributed by atoms with van der Waals surface area (Å²) in [5.74, 6) is -0.864. The second kappa shape index (κ2) is 9.86. The van der Waals surface area contributed by atoms with E-state index in [-0.39, 0.29) is 24.1 Å². The lowest BCUT2D eigenvalue weighted by Gasteiger charge is -2.16. The lowest BCUT2D eigenvalue weighted by Crippen LogP contribution is -2.35. The van der Waals surface area contributed by atoms with Gasteiger partial charge >= 0.3 is 0 Å². The van der Waals surface area contributed by atoms with Crippen molar-refractivity contribution in [2.24, 2.45) is 4.99 Å². The number of amides is 2. The summed E-state index contributed by atoms with van der Waals surface area (Å²) < 4.78 is 18.2. The molecule has 0 aliphatic carbocycles. The highest BCUT2D eigenvalue weighted by Gasteiger charge is 2.39. The predicted molar refractivity (Wildman–Crippen MR) is 118 cm³/mol. The van der Waals surface area contributed by atoms with Gasteiger partial charge in [0.15, 0.2) is 5.17 Å². The molecular weight excluding hydrogens is 405 g/mol. The maximum Gasteiger partial charge on any atom is 0.242 e. The van der Waals surface area contributed by atoms with Gasteiger partial charge in [-0.2, -0.15) is 0 Å². The van der Waals surface area contributed by atoms with Crippen LogP contribution in [-0.4, -0.2) is 47.4 Å². The number of thioether (sulfide) groups is 1. The molecule has 0 radical (unpaired) electrons. The lowest BCUT2D eigenvalue weighted by atomic mass is 10.1. The van der Waals surface area contributed by atoms with Crippen molar-refractivity contribution in [2.75, 3.05) is 25.6 Å². The normalized spacial score (nSPS) is 17.6. The van der Waals surface area contributed by atoms with Crippen molar-refractivity contribution in [1.82, 2.24) is 4.90 Å². The highest BCUT2D eigenvalue weighted by atomic mass is 32.2. The molecule has 2 amide bonds. The molecule has 158 valence electrons. The molecule has 3 rings (SSSR count). The van der Waals surface area contributed by atoms with Crippen LogP contribution in [0.1, 0.15) is 17.5 Å². The van der Waals surface area contributed by atoms with E-state index in [1.165, 1.54) is 36.0 Å². The van der Waals surface area contributed by atoms with Crippen LogP contribution in [0.15, 0.2) is 47.5 Å². The van der Waals surface area contributed by atoms with E-state index in [0.717, 1.165) is 16.8 Å². The number of nitrogens with one attached hydrogen (secondary N) is 1. The number of ether oxygens (including phenoxy) is 1. The first-order valence-electron chi connectivity index (χ1n) is 9.55. The van der Waals surface area contributed by atoms with Crippen molar-refractivity contribution >= 4 is 40.1 Å². The smallest absolute Gasteiger partial charge is 0.242 e. The standard InChI is InChI=1S/C22H24FN3O3S/c1-14-4-9-18(15(2)12-14)25-22-26(10-11-29-3)21(28)19(30-22)13-20(27)24-17-7-5-16(23)6-8-17/h4-9,12,19H,10-11,13H2,1-3H3,(H,24,27). The molecule has 30 heavy (non-hydrogen) atoms. The van der Waals surface area contributed by atoms with E-state index in [1.54, 1.807) is 12.0 Å². The second-order valence-electron chi connectivity index (χ2n) is 7.03. The number of benzene rings is 2. The first-order valence-corrected chi connectivity index (χ1v) is 10.4. The molecule has 8 heteroatoms. The summed E-state index contributed by atoms with van der Waals surface area (Å²) in [6.45, 7) is 4.72. The number of hydrogen-bond acceptors (Lipinski definition) is 5. The zero-order chi connectivity index (χ0) is 21.7. The predicted octanol–water partition coefficient (Wildman–Crippen LogP) is 4.05. The minimum absolute atomic E-state index is 0.00371. The molecule has 1 aliphatic rings. The van der Waals surface area contributed by atoms with Gasteiger partial charge < -0.3 is 10.1 Å². The van der Waals surface area contributed by atoms with E-state index in [2.05, 4.69) is 5.32 Å². The minimum atomic E-state index is -0.577. The number of carbonyl (C=O) groups excluding carboxylic acids is 2. The van der Waals surface area contributed by atoms with Crippen LogP contribution in [0.5, 0.6) is 0 Å². The van der Waals surface area contributed by atoms with Gasteiger partial charge in [0, 0.05) is 19.2 Å². The summed E-state index contributed by atoms with van der Waals surface area (Å²) in [7, 11) is 1.57. The number of anilines is 1. The van der Waals surface area contributed by atoms with E-state index >= 15 is 0 Å². The van der Waals surface area contributed by atoms with Gasteiger partial charge in [0.25, 0.3) is 0 Å². The molecular formula is C22H24FN3O3S. The van der Waals surface area contributed by atoms with Crippen molar-refractivity contribution in [1.29, 1.82) is 0 Å². The molecule has 0 aromatic heterocycles. The van der Waals surface area contributed by atoms with Crippen LogP contribution in [0.25, 0.3) is 0 Å². The van der Waals surface area contributed by atoms with Crippen LogP contribution >= 0.6 is 11.8 Å². The molecule has 1 unspecified atom stereocenters. The molecule has 0 spiro atoms. The van der Waals surface area contributed by atoms with Crippen LogP contribution < -0.4 is 5.32 Å². The van der Waals surface area contributed by atoms with E-state index in [9.17, 15) is 14.0 Å². The Morgan fingerprint density at radius 2 is 1.97 bits per heavy atom. The average Bonchev–Trinajstić information content (AvgIpc) is 2.98. The molecule has 1 atom stereocenters. The minimum Gasteiger partial charge on any atom is -0.383 e. The molecule has 1 aliphatic heterocycles. The molecule has 6 nitrogen and oxygen atoms in total. The van der Waals surface area contributed by atoms with Crippen LogP contribution in [-0.2, 0) is 14.3 Å². The number of carbonyl (C=O) groups is 2. The van der Waals surface area contributed by atoms with Gasteiger partial charge in [-0.1, -0.05) is 29.5 Å². The van der Waals surface area contributed by atoms with Gasteiger partial charge in [0.2, 0.25) is 11.8 Å². The van der Waals surface area contributed by atoms with E-state index < -0.39 is 5.25 Å². The van der Waals surface area contributed by atoms with E-state index in [1.807, 2.05) is 32.0 Å². The summed E-state index contributed by atoms with van der Waals surface area (Å²) in [5.41, 5.74) is 3.42.